The second kappa shape index (κ2) is 13.2. The molecule has 0 spiro atoms. The second-order valence-corrected chi connectivity index (χ2v) is 10.1. The monoisotopic (exact) mass is 505 g/mol. The number of anilines is 1. The Labute approximate surface area is 210 Å². The number of nitrogens with zero attached hydrogens (tertiary/aromatic N) is 3. The maximum absolute atomic E-state index is 13.3. The van der Waals surface area contributed by atoms with Crippen LogP contribution in [0, 0.1) is 0 Å². The molecule has 178 valence electrons. The Morgan fingerprint density at radius 3 is 2.55 bits per heavy atom. The summed E-state index contributed by atoms with van der Waals surface area (Å²) >= 11 is 9.27. The lowest BCUT2D eigenvalue weighted by molar-refractivity contribution is -0.118. The SMILES string of the molecule is CCOc1cccc2sc(N(CCN(CC)CC)C(=O)CCCSc3ccc(Cl)cc3)nc12. The second-order valence-electron chi connectivity index (χ2n) is 7.51. The van der Waals surface area contributed by atoms with Crippen LogP contribution in [0.4, 0.5) is 5.13 Å². The number of thioether (sulfide) groups is 1. The van der Waals surface area contributed by atoms with Crippen molar-refractivity contribution in [3.63, 3.8) is 0 Å². The topological polar surface area (TPSA) is 45.7 Å². The molecule has 0 unspecified atom stereocenters. The Balaban J connectivity index is 1.70. The van der Waals surface area contributed by atoms with Gasteiger partial charge >= 0.3 is 0 Å². The van der Waals surface area contributed by atoms with Crippen molar-refractivity contribution in [2.75, 3.05) is 43.4 Å². The molecule has 1 aromatic heterocycles. The number of likely N-dealkylation sites (N-methyl/N-ethyl adjacent to an activating group) is 1. The molecule has 2 aromatic carbocycles. The summed E-state index contributed by atoms with van der Waals surface area (Å²) in [4.78, 5) is 23.5. The number of para-hydroxylation sites is 1. The van der Waals surface area contributed by atoms with Gasteiger partial charge in [-0.3, -0.25) is 9.69 Å². The number of amides is 1. The summed E-state index contributed by atoms with van der Waals surface area (Å²) in [6.07, 6.45) is 1.30. The van der Waals surface area contributed by atoms with Crippen molar-refractivity contribution >= 4 is 56.0 Å². The normalized spacial score (nSPS) is 11.3. The molecule has 0 aliphatic carbocycles. The Kier molecular flexibility index (Phi) is 10.3. The highest BCUT2D eigenvalue weighted by Crippen LogP contribution is 2.34. The third kappa shape index (κ3) is 7.34. The van der Waals surface area contributed by atoms with Crippen LogP contribution in [0.1, 0.15) is 33.6 Å². The van der Waals surface area contributed by atoms with E-state index in [1.165, 1.54) is 4.90 Å². The predicted octanol–water partition coefficient (Wildman–Crippen LogP) is 6.60. The number of hydrogen-bond acceptors (Lipinski definition) is 6. The summed E-state index contributed by atoms with van der Waals surface area (Å²) in [7, 11) is 0. The van der Waals surface area contributed by atoms with Gasteiger partial charge in [0, 0.05) is 29.4 Å². The number of fused-ring (bicyclic) bond motifs is 1. The molecule has 0 bridgehead atoms. The third-order valence-corrected chi connectivity index (χ3v) is 7.75. The zero-order chi connectivity index (χ0) is 23.6. The van der Waals surface area contributed by atoms with Crippen molar-refractivity contribution in [2.45, 2.75) is 38.5 Å². The minimum Gasteiger partial charge on any atom is -0.492 e. The van der Waals surface area contributed by atoms with Crippen LogP contribution < -0.4 is 9.64 Å². The average Bonchev–Trinajstić information content (AvgIpc) is 3.26. The molecule has 33 heavy (non-hydrogen) atoms. The molecular weight excluding hydrogens is 474 g/mol. The molecule has 5 nitrogen and oxygen atoms in total. The van der Waals surface area contributed by atoms with Crippen LogP contribution >= 0.6 is 34.7 Å². The van der Waals surface area contributed by atoms with E-state index < -0.39 is 0 Å². The highest BCUT2D eigenvalue weighted by atomic mass is 35.5. The number of thiazole rings is 1. The number of benzene rings is 2. The van der Waals surface area contributed by atoms with Gasteiger partial charge < -0.3 is 9.64 Å². The lowest BCUT2D eigenvalue weighted by atomic mass is 10.3. The largest absolute Gasteiger partial charge is 0.492 e. The first-order chi connectivity index (χ1) is 16.0. The molecule has 0 atom stereocenters. The number of halogens is 1. The van der Waals surface area contributed by atoms with E-state index in [9.17, 15) is 4.79 Å². The molecule has 0 aliphatic rings. The molecule has 3 rings (SSSR count). The Morgan fingerprint density at radius 2 is 1.85 bits per heavy atom. The van der Waals surface area contributed by atoms with Gasteiger partial charge in [-0.05, 0) is 68.6 Å². The van der Waals surface area contributed by atoms with E-state index in [0.29, 0.717) is 19.6 Å². The Hall–Kier alpha value is -1.80. The number of carbonyl (C=O) groups is 1. The summed E-state index contributed by atoms with van der Waals surface area (Å²) in [5.41, 5.74) is 0.832. The lowest BCUT2D eigenvalue weighted by Crippen LogP contribution is -2.38. The zero-order valence-electron chi connectivity index (χ0n) is 19.6. The van der Waals surface area contributed by atoms with Gasteiger partial charge in [-0.1, -0.05) is 42.9 Å². The van der Waals surface area contributed by atoms with Crippen molar-refractivity contribution in [3.05, 3.63) is 47.5 Å². The first-order valence-corrected chi connectivity index (χ1v) is 13.7. The molecule has 0 saturated carbocycles. The third-order valence-electron chi connectivity index (χ3n) is 5.35. The van der Waals surface area contributed by atoms with E-state index in [1.807, 2.05) is 54.3 Å². The van der Waals surface area contributed by atoms with Gasteiger partial charge in [0.15, 0.2) is 5.13 Å². The van der Waals surface area contributed by atoms with E-state index in [2.05, 4.69) is 18.7 Å². The molecule has 0 N–H and O–H groups in total. The molecular formula is C25H32ClN3O2S2. The van der Waals surface area contributed by atoms with Crippen LogP contribution in [-0.2, 0) is 4.79 Å². The van der Waals surface area contributed by atoms with E-state index >= 15 is 0 Å². The van der Waals surface area contributed by atoms with Gasteiger partial charge in [-0.25, -0.2) is 4.98 Å². The fraction of sp³-hybridized carbons (Fsp3) is 0.440. The van der Waals surface area contributed by atoms with Crippen LogP contribution in [0.2, 0.25) is 5.02 Å². The standard InChI is InChI=1S/C25H32ClN3O2S2/c1-4-28(5-2)16-17-29(23(30)11-8-18-32-20-14-12-19(26)13-15-20)25-27-24-21(31-6-3)9-7-10-22(24)33-25/h7,9-10,12-15H,4-6,8,11,16-18H2,1-3H3. The molecule has 3 aromatic rings. The number of ether oxygens (including phenoxy) is 1. The van der Waals surface area contributed by atoms with E-state index in [-0.39, 0.29) is 5.91 Å². The van der Waals surface area contributed by atoms with Crippen molar-refractivity contribution in [3.8, 4) is 5.75 Å². The van der Waals surface area contributed by atoms with E-state index in [0.717, 1.165) is 57.9 Å². The molecule has 0 saturated heterocycles. The Bertz CT molecular complexity index is 1020. The molecule has 0 radical (unpaired) electrons. The first kappa shape index (κ1) is 25.8. The molecule has 0 aliphatic heterocycles. The average molecular weight is 506 g/mol. The van der Waals surface area contributed by atoms with Crippen LogP contribution in [0.25, 0.3) is 10.2 Å². The first-order valence-electron chi connectivity index (χ1n) is 11.5. The van der Waals surface area contributed by atoms with Crippen molar-refractivity contribution in [2.24, 2.45) is 0 Å². The maximum Gasteiger partial charge on any atom is 0.228 e. The molecule has 0 fully saturated rings. The number of aromatic nitrogens is 1. The quantitative estimate of drug-likeness (QED) is 0.193. The summed E-state index contributed by atoms with van der Waals surface area (Å²) in [5, 5.41) is 1.49. The summed E-state index contributed by atoms with van der Waals surface area (Å²) in [5.74, 6) is 1.77. The molecule has 1 amide bonds. The van der Waals surface area contributed by atoms with Gasteiger partial charge in [0.25, 0.3) is 0 Å². The number of rotatable bonds is 13. The van der Waals surface area contributed by atoms with Crippen molar-refractivity contribution < 1.29 is 9.53 Å². The lowest BCUT2D eigenvalue weighted by Gasteiger charge is -2.24. The van der Waals surface area contributed by atoms with Gasteiger partial charge in [0.05, 0.1) is 11.3 Å². The maximum atomic E-state index is 13.3. The van der Waals surface area contributed by atoms with E-state index in [1.54, 1.807) is 23.1 Å². The summed E-state index contributed by atoms with van der Waals surface area (Å²) in [6, 6.07) is 13.8. The van der Waals surface area contributed by atoms with Gasteiger partial charge in [0.1, 0.15) is 11.3 Å². The smallest absolute Gasteiger partial charge is 0.228 e. The predicted molar refractivity (Wildman–Crippen MR) is 142 cm³/mol. The highest BCUT2D eigenvalue weighted by Gasteiger charge is 2.21. The van der Waals surface area contributed by atoms with Gasteiger partial charge in [-0.15, -0.1) is 11.8 Å². The zero-order valence-corrected chi connectivity index (χ0v) is 21.9. The molecule has 8 heteroatoms. The van der Waals surface area contributed by atoms with E-state index in [4.69, 9.17) is 21.3 Å². The Morgan fingerprint density at radius 1 is 1.09 bits per heavy atom. The van der Waals surface area contributed by atoms with Crippen LogP contribution in [-0.4, -0.2) is 54.3 Å². The van der Waals surface area contributed by atoms with Crippen LogP contribution in [0.15, 0.2) is 47.4 Å². The number of hydrogen-bond donors (Lipinski definition) is 0. The van der Waals surface area contributed by atoms with Gasteiger partial charge in [0.2, 0.25) is 5.91 Å². The molecule has 1 heterocycles. The van der Waals surface area contributed by atoms with Gasteiger partial charge in [-0.2, -0.15) is 0 Å². The van der Waals surface area contributed by atoms with Crippen LogP contribution in [0.3, 0.4) is 0 Å². The minimum atomic E-state index is 0.121. The van der Waals surface area contributed by atoms with Crippen molar-refractivity contribution in [1.82, 2.24) is 9.88 Å². The summed E-state index contributed by atoms with van der Waals surface area (Å²) in [6.45, 7) is 10.2. The number of carbonyl (C=O) groups excluding carboxylic acids is 1. The van der Waals surface area contributed by atoms with Crippen LogP contribution in [0.5, 0.6) is 5.75 Å². The highest BCUT2D eigenvalue weighted by molar-refractivity contribution is 7.99. The fourth-order valence-corrected chi connectivity index (χ4v) is 5.49. The fourth-order valence-electron chi connectivity index (χ4n) is 3.49. The minimum absolute atomic E-state index is 0.121. The summed E-state index contributed by atoms with van der Waals surface area (Å²) < 4.78 is 6.79. The van der Waals surface area contributed by atoms with Crippen molar-refractivity contribution in [1.29, 1.82) is 0 Å².